The van der Waals surface area contributed by atoms with Gasteiger partial charge in [0.15, 0.2) is 0 Å². The number of benzene rings is 4. The van der Waals surface area contributed by atoms with Crippen LogP contribution in [-0.2, 0) is 0 Å². The second-order valence-corrected chi connectivity index (χ2v) is 9.06. The summed E-state index contributed by atoms with van der Waals surface area (Å²) in [5.41, 5.74) is 4.29. The van der Waals surface area contributed by atoms with Gasteiger partial charge < -0.3 is 18.9 Å². The molecule has 252 valence electrons. The van der Waals surface area contributed by atoms with Crippen molar-refractivity contribution in [2.24, 2.45) is 0 Å². The van der Waals surface area contributed by atoms with Crippen molar-refractivity contribution in [3.63, 3.8) is 0 Å². The van der Waals surface area contributed by atoms with Gasteiger partial charge in [-0.1, -0.05) is 123 Å². The lowest BCUT2D eigenvalue weighted by molar-refractivity contribution is 0.370. The smallest absolute Gasteiger partial charge is 0.148 e. The predicted molar refractivity (Wildman–Crippen MR) is 215 cm³/mol. The maximum Gasteiger partial charge on any atom is 0.148 e. The maximum absolute atomic E-state index is 5.18. The van der Waals surface area contributed by atoms with E-state index < -0.39 is 0 Å². The van der Waals surface area contributed by atoms with Crippen molar-refractivity contribution < 1.29 is 18.9 Å². The van der Waals surface area contributed by atoms with Gasteiger partial charge in [0.1, 0.15) is 49.4 Å². The summed E-state index contributed by atoms with van der Waals surface area (Å²) >= 11 is 0. The van der Waals surface area contributed by atoms with Gasteiger partial charge in [-0.3, -0.25) is 0 Å². The third-order valence-electron chi connectivity index (χ3n) is 5.75. The third kappa shape index (κ3) is 20.2. The maximum atomic E-state index is 5.18. The van der Waals surface area contributed by atoms with E-state index in [1.165, 1.54) is 0 Å². The standard InChI is InChI=1S/4C11H10O.C2H4/c4*1-3-9-12-11-7-5-10(4-2)6-8-11;1-2/h4*1,4-8H,2,9H2;1-2H2. The summed E-state index contributed by atoms with van der Waals surface area (Å²) in [4.78, 5) is 0. The fraction of sp³-hybridized carbons (Fsp3) is 0.0870. The van der Waals surface area contributed by atoms with Crippen LogP contribution in [-0.4, -0.2) is 26.4 Å². The number of hydrogen-bond acceptors (Lipinski definition) is 4. The minimum absolute atomic E-state index is 0.313. The summed E-state index contributed by atoms with van der Waals surface area (Å²) in [6, 6.07) is 30.4. The first kappa shape index (κ1) is 43.0. The molecule has 0 aromatic heterocycles. The zero-order valence-corrected chi connectivity index (χ0v) is 28.6. The molecule has 0 fully saturated rings. The molecule has 4 heteroatoms. The topological polar surface area (TPSA) is 36.9 Å². The molecule has 4 aromatic carbocycles. The molecule has 0 N–H and O–H groups in total. The average Bonchev–Trinajstić information content (AvgIpc) is 3.20. The molecule has 4 nitrogen and oxygen atoms in total. The Balaban J connectivity index is 0.000000629. The van der Waals surface area contributed by atoms with Crippen LogP contribution in [0.25, 0.3) is 24.3 Å². The van der Waals surface area contributed by atoms with Crippen LogP contribution in [0.15, 0.2) is 137 Å². The summed E-state index contributed by atoms with van der Waals surface area (Å²) < 4.78 is 20.7. The first-order valence-corrected chi connectivity index (χ1v) is 15.1. The number of rotatable bonds is 12. The lowest BCUT2D eigenvalue weighted by Crippen LogP contribution is -1.92. The van der Waals surface area contributed by atoms with Crippen LogP contribution in [0.1, 0.15) is 22.3 Å². The molecular weight excluding hydrogens is 617 g/mol. The SMILES string of the molecule is C#CCOc1ccc(C=C)cc1.C#CCOc1ccc(C=C)cc1.C#CCOc1ccc(C=C)cc1.C#CCOc1ccc(C=C)cc1.C=C. The monoisotopic (exact) mass is 660 g/mol. The molecule has 0 aliphatic rings. The number of hydrogen-bond donors (Lipinski definition) is 0. The molecule has 0 radical (unpaired) electrons. The molecule has 0 amide bonds. The molecule has 0 saturated heterocycles. The van der Waals surface area contributed by atoms with E-state index in [1.807, 2.05) is 97.1 Å². The second-order valence-electron chi connectivity index (χ2n) is 9.06. The van der Waals surface area contributed by atoms with E-state index in [0.29, 0.717) is 26.4 Å². The van der Waals surface area contributed by atoms with Crippen molar-refractivity contribution in [2.45, 2.75) is 0 Å². The Morgan fingerprint density at radius 1 is 0.360 bits per heavy atom. The molecule has 50 heavy (non-hydrogen) atoms. The first-order valence-electron chi connectivity index (χ1n) is 15.1. The largest absolute Gasteiger partial charge is 0.481 e. The van der Waals surface area contributed by atoms with E-state index in [-0.39, 0.29) is 0 Å². The molecule has 0 spiro atoms. The highest BCUT2D eigenvalue weighted by Crippen LogP contribution is 2.14. The number of ether oxygens (including phenoxy) is 4. The molecule has 0 aliphatic heterocycles. The zero-order chi connectivity index (χ0) is 37.2. The molecular formula is C46H44O4. The fourth-order valence-corrected chi connectivity index (χ4v) is 3.30. The Morgan fingerprint density at radius 3 is 0.640 bits per heavy atom. The van der Waals surface area contributed by atoms with Crippen molar-refractivity contribution in [1.29, 1.82) is 0 Å². The van der Waals surface area contributed by atoms with Crippen LogP contribution < -0.4 is 18.9 Å². The summed E-state index contributed by atoms with van der Waals surface area (Å²) in [5, 5.41) is 0. The van der Waals surface area contributed by atoms with Crippen molar-refractivity contribution in [3.8, 4) is 72.4 Å². The van der Waals surface area contributed by atoms with Crippen LogP contribution in [0.3, 0.4) is 0 Å². The molecule has 0 bridgehead atoms. The fourth-order valence-electron chi connectivity index (χ4n) is 3.30. The Kier molecular flexibility index (Phi) is 25.3. The van der Waals surface area contributed by atoms with Gasteiger partial charge in [-0.25, -0.2) is 0 Å². The molecule has 0 saturated carbocycles. The Labute approximate surface area is 300 Å². The van der Waals surface area contributed by atoms with Crippen molar-refractivity contribution in [3.05, 3.63) is 159 Å². The van der Waals surface area contributed by atoms with Gasteiger partial charge in [-0.15, -0.1) is 38.9 Å². The van der Waals surface area contributed by atoms with Gasteiger partial charge >= 0.3 is 0 Å². The highest BCUT2D eigenvalue weighted by atomic mass is 16.5. The van der Waals surface area contributed by atoms with E-state index in [9.17, 15) is 0 Å². The zero-order valence-electron chi connectivity index (χ0n) is 28.6. The summed E-state index contributed by atoms with van der Waals surface area (Å²) in [6.07, 6.45) is 27.3. The molecule has 0 atom stereocenters. The lowest BCUT2D eigenvalue weighted by Gasteiger charge is -2.01. The molecule has 0 unspecified atom stereocenters. The minimum Gasteiger partial charge on any atom is -0.481 e. The summed E-state index contributed by atoms with van der Waals surface area (Å²) in [6.45, 7) is 21.9. The van der Waals surface area contributed by atoms with Crippen molar-refractivity contribution in [1.82, 2.24) is 0 Å². The van der Waals surface area contributed by atoms with E-state index >= 15 is 0 Å². The van der Waals surface area contributed by atoms with Gasteiger partial charge in [-0.05, 0) is 70.8 Å². The van der Waals surface area contributed by atoms with Gasteiger partial charge in [0.05, 0.1) is 0 Å². The Bertz CT molecular complexity index is 1440. The number of terminal acetylenes is 4. The minimum atomic E-state index is 0.313. The van der Waals surface area contributed by atoms with Crippen LogP contribution in [0.5, 0.6) is 23.0 Å². The molecule has 0 aliphatic carbocycles. The van der Waals surface area contributed by atoms with E-state index in [4.69, 9.17) is 44.6 Å². The van der Waals surface area contributed by atoms with Crippen molar-refractivity contribution in [2.75, 3.05) is 26.4 Å². The van der Waals surface area contributed by atoms with Gasteiger partial charge in [-0.2, -0.15) is 0 Å². The molecule has 4 rings (SSSR count). The summed E-state index contributed by atoms with van der Waals surface area (Å²) in [5.74, 6) is 12.8. The van der Waals surface area contributed by atoms with E-state index in [1.54, 1.807) is 24.3 Å². The first-order chi connectivity index (χ1) is 24.5. The predicted octanol–water partition coefficient (Wildman–Crippen LogP) is 10.2. The van der Waals surface area contributed by atoms with Crippen molar-refractivity contribution >= 4 is 24.3 Å². The molecule has 0 heterocycles. The van der Waals surface area contributed by atoms with Crippen LogP contribution in [0.4, 0.5) is 0 Å². The Morgan fingerprint density at radius 2 is 0.520 bits per heavy atom. The van der Waals surface area contributed by atoms with Crippen LogP contribution in [0, 0.1) is 49.4 Å². The van der Waals surface area contributed by atoms with Crippen LogP contribution >= 0.6 is 0 Å². The van der Waals surface area contributed by atoms with Gasteiger partial charge in [0.25, 0.3) is 0 Å². The van der Waals surface area contributed by atoms with E-state index in [2.05, 4.69) is 63.2 Å². The Hall–Kier alpha value is -6.98. The van der Waals surface area contributed by atoms with Gasteiger partial charge in [0, 0.05) is 0 Å². The quantitative estimate of drug-likeness (QED) is 0.112. The van der Waals surface area contributed by atoms with Crippen LogP contribution in [0.2, 0.25) is 0 Å². The normalized spacial score (nSPS) is 8.32. The highest BCUT2D eigenvalue weighted by molar-refractivity contribution is 5.50. The highest BCUT2D eigenvalue weighted by Gasteiger charge is 1.93. The third-order valence-corrected chi connectivity index (χ3v) is 5.75. The summed E-state index contributed by atoms with van der Waals surface area (Å²) in [7, 11) is 0. The molecule has 4 aromatic rings. The van der Waals surface area contributed by atoms with E-state index in [0.717, 1.165) is 45.3 Å². The average molecular weight is 661 g/mol. The van der Waals surface area contributed by atoms with Gasteiger partial charge in [0.2, 0.25) is 0 Å². The lowest BCUT2D eigenvalue weighted by atomic mass is 10.2. The second kappa shape index (κ2) is 29.4.